The van der Waals surface area contributed by atoms with E-state index in [2.05, 4.69) is 15.6 Å². The lowest BCUT2D eigenvalue weighted by Gasteiger charge is -2.26. The van der Waals surface area contributed by atoms with Gasteiger partial charge in [0.15, 0.2) is 5.13 Å². The van der Waals surface area contributed by atoms with Crippen molar-refractivity contribution in [2.24, 2.45) is 0 Å². The summed E-state index contributed by atoms with van der Waals surface area (Å²) >= 11 is 1.34. The molecule has 2 amide bonds. The van der Waals surface area contributed by atoms with Gasteiger partial charge in [-0.1, -0.05) is 17.4 Å². The van der Waals surface area contributed by atoms with Crippen LogP contribution in [0.5, 0.6) is 0 Å². The molecule has 1 aromatic carbocycles. The van der Waals surface area contributed by atoms with Gasteiger partial charge >= 0.3 is 6.03 Å². The third kappa shape index (κ3) is 4.31. The second kappa shape index (κ2) is 8.04. The molecule has 0 saturated heterocycles. The van der Waals surface area contributed by atoms with Crippen LogP contribution in [0, 0.1) is 0 Å². The minimum Gasteiger partial charge on any atom is -0.336 e. The molecule has 2 heterocycles. The molecule has 1 aliphatic heterocycles. The average Bonchev–Trinajstić information content (AvgIpc) is 3.08. The van der Waals surface area contributed by atoms with Crippen LogP contribution in [-0.2, 0) is 35.8 Å². The van der Waals surface area contributed by atoms with E-state index in [1.54, 1.807) is 6.07 Å². The number of nitrogens with one attached hydrogen (secondary N) is 2. The first kappa shape index (κ1) is 20.3. The minimum atomic E-state index is -3.56. The zero-order valence-corrected chi connectivity index (χ0v) is 18.3. The van der Waals surface area contributed by atoms with Gasteiger partial charge in [-0.05, 0) is 62.8 Å². The van der Waals surface area contributed by atoms with Crippen LogP contribution >= 0.6 is 11.3 Å². The maximum Gasteiger partial charge on any atom is 0.321 e. The summed E-state index contributed by atoms with van der Waals surface area (Å²) in [6, 6.07) is 5.30. The Balaban J connectivity index is 1.51. The number of aryl methyl sites for hydroxylation is 2. The van der Waals surface area contributed by atoms with E-state index in [4.69, 9.17) is 0 Å². The van der Waals surface area contributed by atoms with Crippen molar-refractivity contribution in [1.82, 2.24) is 14.6 Å². The van der Waals surface area contributed by atoms with Crippen molar-refractivity contribution in [3.63, 3.8) is 0 Å². The molecule has 2 N–H and O–H groups in total. The summed E-state index contributed by atoms with van der Waals surface area (Å²) in [6.07, 6.45) is 4.81. The highest BCUT2D eigenvalue weighted by atomic mass is 32.2. The summed E-state index contributed by atoms with van der Waals surface area (Å²) in [6.45, 7) is 4.46. The van der Waals surface area contributed by atoms with Gasteiger partial charge in [0, 0.05) is 23.9 Å². The van der Waals surface area contributed by atoms with Gasteiger partial charge in [0.05, 0.1) is 17.1 Å². The highest BCUT2D eigenvalue weighted by Gasteiger charge is 2.31. The molecular weight excluding hydrogens is 408 g/mol. The van der Waals surface area contributed by atoms with Gasteiger partial charge in [-0.25, -0.2) is 18.2 Å². The van der Waals surface area contributed by atoms with Crippen molar-refractivity contribution in [3.8, 4) is 0 Å². The summed E-state index contributed by atoms with van der Waals surface area (Å²) in [7, 11) is -3.56. The Kier molecular flexibility index (Phi) is 5.63. The quantitative estimate of drug-likeness (QED) is 0.772. The number of benzene rings is 1. The molecule has 2 aromatic rings. The van der Waals surface area contributed by atoms with Gasteiger partial charge in [-0.2, -0.15) is 4.31 Å². The predicted octanol–water partition coefficient (Wildman–Crippen LogP) is 3.30. The number of rotatable bonds is 4. The van der Waals surface area contributed by atoms with Crippen molar-refractivity contribution in [3.05, 3.63) is 39.9 Å². The molecule has 4 rings (SSSR count). The number of fused-ring (bicyclic) bond motifs is 2. The van der Waals surface area contributed by atoms with Gasteiger partial charge < -0.3 is 5.32 Å². The number of hydrogen-bond acceptors (Lipinski definition) is 5. The summed E-state index contributed by atoms with van der Waals surface area (Å²) < 4.78 is 28.0. The van der Waals surface area contributed by atoms with E-state index in [1.165, 1.54) is 27.6 Å². The van der Waals surface area contributed by atoms with Crippen molar-refractivity contribution in [2.75, 3.05) is 11.9 Å². The van der Waals surface area contributed by atoms with E-state index in [0.717, 1.165) is 35.4 Å². The second-order valence-corrected chi connectivity index (χ2v) is 10.9. The Labute approximate surface area is 175 Å². The second-order valence-electron chi connectivity index (χ2n) is 7.87. The number of carbonyl (C=O) groups excluding carboxylic acids is 1. The van der Waals surface area contributed by atoms with Gasteiger partial charge in [0.25, 0.3) is 0 Å². The van der Waals surface area contributed by atoms with Crippen LogP contribution in [0.1, 0.15) is 48.4 Å². The third-order valence-electron chi connectivity index (χ3n) is 5.29. The molecule has 9 heteroatoms. The monoisotopic (exact) mass is 434 g/mol. The number of amides is 2. The molecule has 0 radical (unpaired) electrons. The molecule has 0 bridgehead atoms. The Morgan fingerprint density at radius 3 is 2.69 bits per heavy atom. The molecular formula is C20H26N4O3S2. The van der Waals surface area contributed by atoms with E-state index in [9.17, 15) is 13.2 Å². The summed E-state index contributed by atoms with van der Waals surface area (Å²) in [5, 5.41) is 6.00. The highest BCUT2D eigenvalue weighted by Crippen LogP contribution is 2.32. The van der Waals surface area contributed by atoms with Crippen molar-refractivity contribution >= 4 is 32.5 Å². The Morgan fingerprint density at radius 1 is 1.17 bits per heavy atom. The van der Waals surface area contributed by atoms with Crippen LogP contribution in [0.15, 0.2) is 23.1 Å². The van der Waals surface area contributed by atoms with Crippen molar-refractivity contribution in [1.29, 1.82) is 0 Å². The molecule has 2 aliphatic rings. The van der Waals surface area contributed by atoms with E-state index in [-0.39, 0.29) is 12.1 Å². The molecule has 0 unspecified atom stereocenters. The number of hydrogen-bond donors (Lipinski definition) is 2. The summed E-state index contributed by atoms with van der Waals surface area (Å²) in [5.74, 6) is 0. The van der Waals surface area contributed by atoms with Crippen LogP contribution in [0.4, 0.5) is 9.93 Å². The Hall–Kier alpha value is -1.97. The van der Waals surface area contributed by atoms with Crippen LogP contribution in [-0.4, -0.2) is 36.3 Å². The smallest absolute Gasteiger partial charge is 0.321 e. The van der Waals surface area contributed by atoms with E-state index in [1.807, 2.05) is 26.0 Å². The van der Waals surface area contributed by atoms with Crippen LogP contribution < -0.4 is 10.6 Å². The normalized spacial score (nSPS) is 16.9. The molecule has 0 saturated carbocycles. The lowest BCUT2D eigenvalue weighted by Crippen LogP contribution is -2.35. The van der Waals surface area contributed by atoms with Crippen LogP contribution in [0.2, 0.25) is 0 Å². The number of nitrogens with zero attached hydrogens (tertiary/aromatic N) is 2. The molecule has 156 valence electrons. The first-order valence-corrected chi connectivity index (χ1v) is 12.3. The Morgan fingerprint density at radius 2 is 1.93 bits per heavy atom. The third-order valence-corrected chi connectivity index (χ3v) is 8.13. The number of sulfonamides is 1. The average molecular weight is 435 g/mol. The summed E-state index contributed by atoms with van der Waals surface area (Å²) in [4.78, 5) is 17.6. The lowest BCUT2D eigenvalue weighted by molar-refractivity contribution is 0.250. The van der Waals surface area contributed by atoms with Gasteiger partial charge in [-0.3, -0.25) is 5.32 Å². The van der Waals surface area contributed by atoms with E-state index in [0.29, 0.717) is 29.5 Å². The fourth-order valence-corrected chi connectivity index (χ4v) is 6.41. The number of thiazole rings is 1. The maximum atomic E-state index is 13.2. The van der Waals surface area contributed by atoms with Gasteiger partial charge in [0.1, 0.15) is 0 Å². The number of carbonyl (C=O) groups is 1. The van der Waals surface area contributed by atoms with Crippen LogP contribution in [0.25, 0.3) is 0 Å². The first-order chi connectivity index (χ1) is 13.8. The summed E-state index contributed by atoms with van der Waals surface area (Å²) in [5.41, 5.74) is 3.30. The Bertz CT molecular complexity index is 1030. The molecule has 0 fully saturated rings. The van der Waals surface area contributed by atoms with Crippen molar-refractivity contribution < 1.29 is 13.2 Å². The molecule has 0 atom stereocenters. The number of urea groups is 1. The predicted molar refractivity (Wildman–Crippen MR) is 114 cm³/mol. The van der Waals surface area contributed by atoms with Crippen LogP contribution in [0.3, 0.4) is 0 Å². The van der Waals surface area contributed by atoms with Gasteiger partial charge in [-0.15, -0.1) is 0 Å². The molecule has 29 heavy (non-hydrogen) atoms. The fourth-order valence-electron chi connectivity index (χ4n) is 3.85. The SMILES string of the molecule is CC(C)NC(=O)Nc1nc2c(s1)CN(S(=O)(=O)c1ccc3c(c1)CCCC3)CC2. The zero-order chi connectivity index (χ0) is 20.6. The maximum absolute atomic E-state index is 13.2. The van der Waals surface area contributed by atoms with E-state index >= 15 is 0 Å². The standard InChI is InChI=1S/C20H26N4O3S2/c1-13(2)21-19(25)23-20-22-17-9-10-24(12-18(17)28-20)29(26,27)16-8-7-14-5-3-4-6-15(14)11-16/h7-8,11,13H,3-6,9-10,12H2,1-2H3,(H2,21,22,23,25). The molecule has 1 aromatic heterocycles. The lowest BCUT2D eigenvalue weighted by atomic mass is 9.92. The molecule has 0 spiro atoms. The molecule has 1 aliphatic carbocycles. The number of anilines is 1. The fraction of sp³-hybridized carbons (Fsp3) is 0.500. The van der Waals surface area contributed by atoms with Gasteiger partial charge in [0.2, 0.25) is 10.0 Å². The first-order valence-electron chi connectivity index (χ1n) is 10.0. The topological polar surface area (TPSA) is 91.4 Å². The highest BCUT2D eigenvalue weighted by molar-refractivity contribution is 7.89. The van der Waals surface area contributed by atoms with E-state index < -0.39 is 10.0 Å². The zero-order valence-electron chi connectivity index (χ0n) is 16.7. The molecule has 7 nitrogen and oxygen atoms in total. The largest absolute Gasteiger partial charge is 0.336 e. The number of aromatic nitrogens is 1. The van der Waals surface area contributed by atoms with Crippen molar-refractivity contribution in [2.45, 2.75) is 63.4 Å². The minimum absolute atomic E-state index is 0.0295.